The lowest BCUT2D eigenvalue weighted by atomic mass is 9.97. The maximum absolute atomic E-state index is 8.66. The first kappa shape index (κ1) is 9.27. The van der Waals surface area contributed by atoms with Gasteiger partial charge in [-0.25, -0.2) is 0 Å². The highest BCUT2D eigenvalue weighted by molar-refractivity contribution is 5.18. The van der Waals surface area contributed by atoms with Crippen molar-refractivity contribution in [3.63, 3.8) is 0 Å². The molecule has 0 aliphatic rings. The van der Waals surface area contributed by atoms with E-state index in [1.54, 1.807) is 0 Å². The van der Waals surface area contributed by atoms with E-state index < -0.39 is 0 Å². The Hall–Kier alpha value is -0.820. The van der Waals surface area contributed by atoms with E-state index in [1.807, 2.05) is 6.07 Å². The van der Waals surface area contributed by atoms with E-state index in [-0.39, 0.29) is 0 Å². The van der Waals surface area contributed by atoms with Gasteiger partial charge >= 0.3 is 0 Å². The van der Waals surface area contributed by atoms with Crippen LogP contribution in [0, 0.1) is 0 Å². The molecule has 0 saturated heterocycles. The quantitative estimate of drug-likeness (QED) is 0.725. The molecular weight excluding hydrogens is 148 g/mol. The molecule has 0 bridgehead atoms. The standard InChI is InChI=1S/C11H16O/c1-10(6-5-9-12)11-7-3-2-4-8-11/h2-4,7-8,10,12H,5-6,9H2,1H3/t10-/m0/s1. The molecule has 0 heterocycles. The van der Waals surface area contributed by atoms with Gasteiger partial charge in [-0.15, -0.1) is 0 Å². The third kappa shape index (κ3) is 2.67. The lowest BCUT2D eigenvalue weighted by molar-refractivity contribution is 0.281. The molecule has 0 aliphatic heterocycles. The van der Waals surface area contributed by atoms with Crippen LogP contribution in [0.1, 0.15) is 31.2 Å². The van der Waals surface area contributed by atoms with Crippen LogP contribution in [-0.4, -0.2) is 11.7 Å². The van der Waals surface area contributed by atoms with Crippen molar-refractivity contribution in [1.82, 2.24) is 0 Å². The molecule has 12 heavy (non-hydrogen) atoms. The van der Waals surface area contributed by atoms with Gasteiger partial charge in [0, 0.05) is 6.61 Å². The van der Waals surface area contributed by atoms with Crippen molar-refractivity contribution in [2.75, 3.05) is 6.61 Å². The molecule has 0 aliphatic carbocycles. The van der Waals surface area contributed by atoms with Gasteiger partial charge in [0.25, 0.3) is 0 Å². The molecule has 1 rings (SSSR count). The molecule has 0 fully saturated rings. The van der Waals surface area contributed by atoms with Gasteiger partial charge in [-0.2, -0.15) is 0 Å². The molecule has 1 heteroatoms. The van der Waals surface area contributed by atoms with Gasteiger partial charge in [0.15, 0.2) is 0 Å². The number of aliphatic hydroxyl groups is 1. The van der Waals surface area contributed by atoms with E-state index in [9.17, 15) is 0 Å². The molecule has 0 spiro atoms. The molecule has 0 unspecified atom stereocenters. The minimum Gasteiger partial charge on any atom is -0.396 e. The molecule has 1 N–H and O–H groups in total. The van der Waals surface area contributed by atoms with Crippen LogP contribution < -0.4 is 0 Å². The molecule has 0 saturated carbocycles. The smallest absolute Gasteiger partial charge is 0.0431 e. The summed E-state index contributed by atoms with van der Waals surface area (Å²) in [6.45, 7) is 2.50. The highest BCUT2D eigenvalue weighted by Gasteiger charge is 2.02. The van der Waals surface area contributed by atoms with E-state index in [1.165, 1.54) is 5.56 Å². The molecule has 66 valence electrons. The van der Waals surface area contributed by atoms with Gasteiger partial charge in [-0.1, -0.05) is 37.3 Å². The SMILES string of the molecule is C[C@@H](CCCO)c1ccccc1. The lowest BCUT2D eigenvalue weighted by Crippen LogP contribution is -1.94. The third-order valence-electron chi connectivity index (χ3n) is 2.16. The second-order valence-electron chi connectivity index (χ2n) is 3.18. The number of aliphatic hydroxyl groups excluding tert-OH is 1. The summed E-state index contributed by atoms with van der Waals surface area (Å²) in [5.74, 6) is 0.568. The summed E-state index contributed by atoms with van der Waals surface area (Å²) < 4.78 is 0. The van der Waals surface area contributed by atoms with E-state index in [2.05, 4.69) is 31.2 Å². The highest BCUT2D eigenvalue weighted by Crippen LogP contribution is 2.19. The fourth-order valence-corrected chi connectivity index (χ4v) is 1.35. The molecule has 0 aromatic heterocycles. The van der Waals surface area contributed by atoms with Crippen LogP contribution in [0.15, 0.2) is 30.3 Å². The van der Waals surface area contributed by atoms with Crippen molar-refractivity contribution in [2.45, 2.75) is 25.7 Å². The predicted molar refractivity (Wildman–Crippen MR) is 51.2 cm³/mol. The zero-order valence-electron chi connectivity index (χ0n) is 7.53. The summed E-state index contributed by atoms with van der Waals surface area (Å²) in [5, 5.41) is 8.66. The largest absolute Gasteiger partial charge is 0.396 e. The Morgan fingerprint density at radius 2 is 1.92 bits per heavy atom. The number of hydrogen-bond donors (Lipinski definition) is 1. The van der Waals surface area contributed by atoms with Crippen molar-refractivity contribution in [1.29, 1.82) is 0 Å². The first-order valence-corrected chi connectivity index (χ1v) is 4.50. The predicted octanol–water partition coefficient (Wildman–Crippen LogP) is 2.56. The van der Waals surface area contributed by atoms with Crippen molar-refractivity contribution in [3.8, 4) is 0 Å². The number of hydrogen-bond acceptors (Lipinski definition) is 1. The third-order valence-corrected chi connectivity index (χ3v) is 2.16. The summed E-state index contributed by atoms with van der Waals surface area (Å²) in [4.78, 5) is 0. The molecule has 1 nitrogen and oxygen atoms in total. The van der Waals surface area contributed by atoms with E-state index >= 15 is 0 Å². The zero-order chi connectivity index (χ0) is 8.81. The van der Waals surface area contributed by atoms with Crippen LogP contribution in [-0.2, 0) is 0 Å². The van der Waals surface area contributed by atoms with Crippen molar-refractivity contribution < 1.29 is 5.11 Å². The van der Waals surface area contributed by atoms with Crippen LogP contribution in [0.5, 0.6) is 0 Å². The Kier molecular flexibility index (Phi) is 3.81. The van der Waals surface area contributed by atoms with Gasteiger partial charge in [-0.3, -0.25) is 0 Å². The fraction of sp³-hybridized carbons (Fsp3) is 0.455. The van der Waals surface area contributed by atoms with Crippen LogP contribution in [0.2, 0.25) is 0 Å². The first-order valence-electron chi connectivity index (χ1n) is 4.50. The average Bonchev–Trinajstić information content (AvgIpc) is 2.15. The van der Waals surface area contributed by atoms with Crippen molar-refractivity contribution >= 4 is 0 Å². The van der Waals surface area contributed by atoms with Crippen LogP contribution in [0.25, 0.3) is 0 Å². The van der Waals surface area contributed by atoms with Crippen molar-refractivity contribution in [2.24, 2.45) is 0 Å². The van der Waals surface area contributed by atoms with E-state index in [4.69, 9.17) is 5.11 Å². The minimum absolute atomic E-state index is 0.303. The van der Waals surface area contributed by atoms with Crippen LogP contribution in [0.4, 0.5) is 0 Å². The molecule has 1 aromatic rings. The Bertz CT molecular complexity index is 206. The summed E-state index contributed by atoms with van der Waals surface area (Å²) >= 11 is 0. The molecule has 0 radical (unpaired) electrons. The van der Waals surface area contributed by atoms with Gasteiger partial charge in [-0.05, 0) is 24.3 Å². The summed E-state index contributed by atoms with van der Waals surface area (Å²) in [6.07, 6.45) is 1.97. The summed E-state index contributed by atoms with van der Waals surface area (Å²) in [5.41, 5.74) is 1.37. The highest BCUT2D eigenvalue weighted by atomic mass is 16.2. The number of rotatable bonds is 4. The van der Waals surface area contributed by atoms with Crippen LogP contribution >= 0.6 is 0 Å². The first-order chi connectivity index (χ1) is 5.84. The lowest BCUT2D eigenvalue weighted by Gasteiger charge is -2.09. The Labute approximate surface area is 74.1 Å². The maximum atomic E-state index is 8.66. The normalized spacial score (nSPS) is 12.8. The topological polar surface area (TPSA) is 20.2 Å². The van der Waals surface area contributed by atoms with Gasteiger partial charge in [0.05, 0.1) is 0 Å². The second-order valence-corrected chi connectivity index (χ2v) is 3.18. The Morgan fingerprint density at radius 1 is 1.25 bits per heavy atom. The van der Waals surface area contributed by atoms with E-state index in [0.717, 1.165) is 12.8 Å². The molecule has 0 amide bonds. The zero-order valence-corrected chi connectivity index (χ0v) is 7.53. The Balaban J connectivity index is 2.48. The summed E-state index contributed by atoms with van der Waals surface area (Å²) in [6, 6.07) is 10.4. The maximum Gasteiger partial charge on any atom is 0.0431 e. The second kappa shape index (κ2) is 4.94. The van der Waals surface area contributed by atoms with Gasteiger partial charge in [0.1, 0.15) is 0 Å². The summed E-state index contributed by atoms with van der Waals surface area (Å²) in [7, 11) is 0. The number of benzene rings is 1. The fourth-order valence-electron chi connectivity index (χ4n) is 1.35. The van der Waals surface area contributed by atoms with Gasteiger partial charge < -0.3 is 5.11 Å². The monoisotopic (exact) mass is 164 g/mol. The minimum atomic E-state index is 0.303. The molecular formula is C11H16O. The van der Waals surface area contributed by atoms with Crippen LogP contribution in [0.3, 0.4) is 0 Å². The van der Waals surface area contributed by atoms with Gasteiger partial charge in [0.2, 0.25) is 0 Å². The molecule has 1 aromatic carbocycles. The van der Waals surface area contributed by atoms with Crippen molar-refractivity contribution in [3.05, 3.63) is 35.9 Å². The average molecular weight is 164 g/mol. The van der Waals surface area contributed by atoms with E-state index in [0.29, 0.717) is 12.5 Å². The Morgan fingerprint density at radius 3 is 2.50 bits per heavy atom. The molecule has 1 atom stereocenters.